The van der Waals surface area contributed by atoms with E-state index in [1.165, 1.54) is 50.3 Å². The van der Waals surface area contributed by atoms with Gasteiger partial charge in [0, 0.05) is 61.0 Å². The van der Waals surface area contributed by atoms with Gasteiger partial charge in [-0.2, -0.15) is 0 Å². The number of phenols is 1. The fourth-order valence-electron chi connectivity index (χ4n) is 4.88. The molecule has 0 amide bonds. The average Bonchev–Trinajstić information content (AvgIpc) is 2.84. The highest BCUT2D eigenvalue weighted by atomic mass is 19.1. The number of aromatic hydroxyl groups is 1. The lowest BCUT2D eigenvalue weighted by atomic mass is 9.94. The molecular weight excluding hydrogens is 419 g/mol. The zero-order valence-corrected chi connectivity index (χ0v) is 18.9. The molecule has 0 unspecified atom stereocenters. The van der Waals surface area contributed by atoms with Crippen molar-refractivity contribution in [2.45, 2.75) is 38.1 Å². The smallest absolute Gasteiger partial charge is 0.165 e. The predicted molar refractivity (Wildman–Crippen MR) is 130 cm³/mol. The number of amidine groups is 1. The van der Waals surface area contributed by atoms with Crippen LogP contribution in [0.3, 0.4) is 0 Å². The standard InChI is InChI=1S/C25H33FN6O/c26-21-8-4-7-19(24(21)33)22(27)16-20(25(28)29)23-15-18(9-10-30-23)32-13-11-31(12-14-32)17-5-2-1-3-6-17/h4,7-10,15-17,30,33H,1-3,5-6,11-14,27H2,(H3,28,29)/b22-16-,23-20?. The minimum atomic E-state index is -0.755. The molecule has 33 heavy (non-hydrogen) atoms. The van der Waals surface area contributed by atoms with Crippen molar-refractivity contribution in [1.82, 2.24) is 15.1 Å². The third kappa shape index (κ3) is 5.22. The summed E-state index contributed by atoms with van der Waals surface area (Å²) in [5.41, 5.74) is 14.3. The van der Waals surface area contributed by atoms with E-state index in [1.807, 2.05) is 18.4 Å². The van der Waals surface area contributed by atoms with E-state index in [0.29, 0.717) is 11.3 Å². The lowest BCUT2D eigenvalue weighted by molar-refractivity contribution is 0.0958. The van der Waals surface area contributed by atoms with Crippen LogP contribution in [-0.2, 0) is 0 Å². The fourth-order valence-corrected chi connectivity index (χ4v) is 4.88. The highest BCUT2D eigenvalue weighted by Crippen LogP contribution is 2.27. The number of nitrogens with two attached hydrogens (primary N) is 2. The molecule has 1 saturated heterocycles. The highest BCUT2D eigenvalue weighted by molar-refractivity contribution is 6.00. The fraction of sp³-hybridized carbons (Fsp3) is 0.400. The molecule has 0 atom stereocenters. The molecule has 7 N–H and O–H groups in total. The summed E-state index contributed by atoms with van der Waals surface area (Å²) in [6.07, 6.45) is 14.0. The van der Waals surface area contributed by atoms with Crippen LogP contribution in [0.4, 0.5) is 4.39 Å². The van der Waals surface area contributed by atoms with Crippen LogP contribution in [0.1, 0.15) is 37.7 Å². The van der Waals surface area contributed by atoms with Crippen molar-refractivity contribution in [3.63, 3.8) is 0 Å². The number of hydrogen-bond acceptors (Lipinski definition) is 6. The quantitative estimate of drug-likeness (QED) is 0.347. The summed E-state index contributed by atoms with van der Waals surface area (Å²) in [6, 6.07) is 4.88. The maximum absolute atomic E-state index is 13.7. The summed E-state index contributed by atoms with van der Waals surface area (Å²) in [5.74, 6) is -1.46. The van der Waals surface area contributed by atoms with Gasteiger partial charge in [-0.25, -0.2) is 4.39 Å². The van der Waals surface area contributed by atoms with Gasteiger partial charge < -0.3 is 26.8 Å². The predicted octanol–water partition coefficient (Wildman–Crippen LogP) is 2.97. The topological polar surface area (TPSA) is 115 Å². The monoisotopic (exact) mass is 452 g/mol. The first-order chi connectivity index (χ1) is 15.9. The molecule has 1 aromatic rings. The van der Waals surface area contributed by atoms with Crippen LogP contribution >= 0.6 is 0 Å². The molecule has 0 radical (unpaired) electrons. The second-order valence-corrected chi connectivity index (χ2v) is 8.84. The van der Waals surface area contributed by atoms with Crippen molar-refractivity contribution in [3.8, 4) is 5.75 Å². The molecule has 8 heteroatoms. The van der Waals surface area contributed by atoms with Crippen molar-refractivity contribution < 1.29 is 9.50 Å². The minimum absolute atomic E-state index is 0.122. The Bertz CT molecular complexity index is 1010. The van der Waals surface area contributed by atoms with Crippen molar-refractivity contribution in [2.24, 2.45) is 11.5 Å². The number of halogens is 1. The zero-order valence-electron chi connectivity index (χ0n) is 18.9. The molecule has 0 spiro atoms. The van der Waals surface area contributed by atoms with E-state index in [-0.39, 0.29) is 17.1 Å². The van der Waals surface area contributed by atoms with Crippen molar-refractivity contribution in [3.05, 3.63) is 71.0 Å². The average molecular weight is 453 g/mol. The Morgan fingerprint density at radius 1 is 1.12 bits per heavy atom. The molecule has 1 saturated carbocycles. The first-order valence-corrected chi connectivity index (χ1v) is 11.6. The van der Waals surface area contributed by atoms with Gasteiger partial charge in [-0.1, -0.05) is 25.3 Å². The Balaban J connectivity index is 1.53. The Morgan fingerprint density at radius 3 is 2.55 bits per heavy atom. The molecule has 0 bridgehead atoms. The van der Waals surface area contributed by atoms with Gasteiger partial charge in [0.1, 0.15) is 5.84 Å². The Kier molecular flexibility index (Phi) is 7.03. The van der Waals surface area contributed by atoms with E-state index in [4.69, 9.17) is 16.9 Å². The molecule has 2 fully saturated rings. The van der Waals surface area contributed by atoms with Crippen LogP contribution in [0, 0.1) is 11.2 Å². The lowest BCUT2D eigenvalue weighted by Gasteiger charge is -2.42. The summed E-state index contributed by atoms with van der Waals surface area (Å²) < 4.78 is 13.7. The number of piperazine rings is 1. The van der Waals surface area contributed by atoms with Gasteiger partial charge in [0.25, 0.3) is 0 Å². The second kappa shape index (κ2) is 10.1. The Morgan fingerprint density at radius 2 is 1.85 bits per heavy atom. The third-order valence-electron chi connectivity index (χ3n) is 6.73. The van der Waals surface area contributed by atoms with E-state index in [9.17, 15) is 9.50 Å². The normalized spacial score (nSPS) is 22.0. The Hall–Kier alpha value is -3.26. The van der Waals surface area contributed by atoms with Crippen molar-refractivity contribution >= 4 is 11.5 Å². The van der Waals surface area contributed by atoms with Gasteiger partial charge in [0.15, 0.2) is 11.6 Å². The van der Waals surface area contributed by atoms with Gasteiger partial charge >= 0.3 is 0 Å². The summed E-state index contributed by atoms with van der Waals surface area (Å²) in [4.78, 5) is 4.98. The van der Waals surface area contributed by atoms with Gasteiger partial charge in [-0.3, -0.25) is 10.3 Å². The van der Waals surface area contributed by atoms with Gasteiger partial charge in [-0.15, -0.1) is 0 Å². The molecule has 1 aliphatic carbocycles. The van der Waals surface area contributed by atoms with Crippen LogP contribution in [0.5, 0.6) is 5.75 Å². The SMILES string of the molecule is N=C(N)C(/C=C(\N)c1cccc(F)c1O)=C1C=C(N2CCN(C3CCCCC3)CC2)C=CN1. The van der Waals surface area contributed by atoms with Crippen LogP contribution in [0.15, 0.2) is 59.6 Å². The summed E-state index contributed by atoms with van der Waals surface area (Å²) in [5, 5.41) is 21.2. The molecule has 7 nitrogen and oxygen atoms in total. The van der Waals surface area contributed by atoms with Crippen LogP contribution in [0.25, 0.3) is 5.70 Å². The maximum atomic E-state index is 13.7. The number of benzene rings is 1. The van der Waals surface area contributed by atoms with E-state index < -0.39 is 11.6 Å². The van der Waals surface area contributed by atoms with E-state index in [0.717, 1.165) is 44.0 Å². The molecule has 4 rings (SSSR count). The summed E-state index contributed by atoms with van der Waals surface area (Å²) in [7, 11) is 0. The van der Waals surface area contributed by atoms with E-state index in [2.05, 4.69) is 15.1 Å². The van der Waals surface area contributed by atoms with Crippen LogP contribution < -0.4 is 16.8 Å². The van der Waals surface area contributed by atoms with E-state index >= 15 is 0 Å². The number of nitrogens with zero attached hydrogens (tertiary/aromatic N) is 2. The van der Waals surface area contributed by atoms with Gasteiger partial charge in [0.05, 0.1) is 5.70 Å². The molecule has 2 aliphatic heterocycles. The first-order valence-electron chi connectivity index (χ1n) is 11.6. The highest BCUT2D eigenvalue weighted by Gasteiger charge is 2.26. The second-order valence-electron chi connectivity index (χ2n) is 8.84. The number of hydrogen-bond donors (Lipinski definition) is 5. The number of para-hydroxylation sites is 1. The molecule has 0 aromatic heterocycles. The van der Waals surface area contributed by atoms with Crippen LogP contribution in [-0.4, -0.2) is 53.0 Å². The summed E-state index contributed by atoms with van der Waals surface area (Å²) in [6.45, 7) is 4.00. The largest absolute Gasteiger partial charge is 0.504 e. The Labute approximate surface area is 194 Å². The van der Waals surface area contributed by atoms with Gasteiger partial charge in [-0.05, 0) is 43.2 Å². The lowest BCUT2D eigenvalue weighted by Crippen LogP contribution is -2.50. The molecule has 2 heterocycles. The molecule has 1 aromatic carbocycles. The first kappa shape index (κ1) is 22.9. The molecule has 176 valence electrons. The van der Waals surface area contributed by atoms with Crippen LogP contribution in [0.2, 0.25) is 0 Å². The number of allylic oxidation sites excluding steroid dienone is 2. The number of phenolic OH excluding ortho intramolecular Hbond substituents is 1. The maximum Gasteiger partial charge on any atom is 0.165 e. The number of dihydropyridines is 1. The molecule has 3 aliphatic rings. The minimum Gasteiger partial charge on any atom is -0.504 e. The number of rotatable bonds is 5. The zero-order chi connectivity index (χ0) is 23.4. The third-order valence-corrected chi connectivity index (χ3v) is 6.73. The number of nitrogens with one attached hydrogen (secondary N) is 2. The van der Waals surface area contributed by atoms with Crippen molar-refractivity contribution in [1.29, 1.82) is 5.41 Å². The van der Waals surface area contributed by atoms with Gasteiger partial charge in [0.2, 0.25) is 0 Å². The van der Waals surface area contributed by atoms with E-state index in [1.54, 1.807) is 0 Å². The molecular formula is C25H33FN6O. The summed E-state index contributed by atoms with van der Waals surface area (Å²) >= 11 is 0. The van der Waals surface area contributed by atoms with Crippen molar-refractivity contribution in [2.75, 3.05) is 26.2 Å².